The molecule has 0 saturated heterocycles. The molecule has 0 radical (unpaired) electrons. The van der Waals surface area contributed by atoms with Crippen molar-refractivity contribution in [3.05, 3.63) is 47.5 Å². The van der Waals surface area contributed by atoms with E-state index < -0.39 is 6.04 Å². The maximum atomic E-state index is 13.6. The zero-order valence-electron chi connectivity index (χ0n) is 20.0. The van der Waals surface area contributed by atoms with Crippen LogP contribution in [0.15, 0.2) is 36.4 Å². The Morgan fingerprint density at radius 1 is 1.03 bits per heavy atom. The number of hydrogen-bond acceptors (Lipinski definition) is 6. The molecule has 1 heterocycles. The zero-order chi connectivity index (χ0) is 24.1. The first-order chi connectivity index (χ1) is 16.5. The van der Waals surface area contributed by atoms with E-state index in [0.717, 1.165) is 31.2 Å². The summed E-state index contributed by atoms with van der Waals surface area (Å²) < 4.78 is 22.0. The van der Waals surface area contributed by atoms with E-state index in [4.69, 9.17) is 18.9 Å². The van der Waals surface area contributed by atoms with Gasteiger partial charge in [-0.3, -0.25) is 9.59 Å². The number of nitrogens with zero attached hydrogens (tertiary/aromatic N) is 1. The second-order valence-corrected chi connectivity index (χ2v) is 8.59. The fourth-order valence-electron chi connectivity index (χ4n) is 4.76. The largest absolute Gasteiger partial charge is 0.493 e. The Labute approximate surface area is 200 Å². The standard InChI is InChI=1S/C26H32N2O6/c1-31-20-12-11-17(15-22(20)33-3)13-14-28-23(29)16-34-25-19(9-6-10-21(25)32-2)24(28)26(30)27-18-7-4-5-8-18/h6,9-12,15,18,24H,4-5,7-8,13-14,16H2,1-3H3,(H,27,30). The van der Waals surface area contributed by atoms with Crippen LogP contribution in [0.5, 0.6) is 23.0 Å². The molecule has 2 aromatic carbocycles. The summed E-state index contributed by atoms with van der Waals surface area (Å²) in [5.41, 5.74) is 1.60. The predicted octanol–water partition coefficient (Wildman–Crippen LogP) is 3.28. The first-order valence-corrected chi connectivity index (χ1v) is 11.7. The van der Waals surface area contributed by atoms with Gasteiger partial charge in [-0.05, 0) is 43.0 Å². The molecule has 0 aromatic heterocycles. The SMILES string of the molecule is COc1ccc(CCN2C(=O)COc3c(OC)cccc3C2C(=O)NC2CCCC2)cc1OC. The molecule has 2 aliphatic rings. The van der Waals surface area contributed by atoms with Gasteiger partial charge in [0.05, 0.1) is 21.3 Å². The highest BCUT2D eigenvalue weighted by atomic mass is 16.5. The lowest BCUT2D eigenvalue weighted by Crippen LogP contribution is -2.47. The van der Waals surface area contributed by atoms with Crippen LogP contribution >= 0.6 is 0 Å². The molecule has 1 aliphatic carbocycles. The summed E-state index contributed by atoms with van der Waals surface area (Å²) in [6.45, 7) is 0.184. The first-order valence-electron chi connectivity index (χ1n) is 11.7. The quantitative estimate of drug-likeness (QED) is 0.640. The first kappa shape index (κ1) is 23.7. The average molecular weight is 469 g/mol. The number of fused-ring (bicyclic) bond motifs is 1. The van der Waals surface area contributed by atoms with E-state index in [1.54, 1.807) is 32.3 Å². The fraction of sp³-hybridized carbons (Fsp3) is 0.462. The van der Waals surface area contributed by atoms with Crippen LogP contribution in [0, 0.1) is 0 Å². The molecule has 1 N–H and O–H groups in total. The van der Waals surface area contributed by atoms with E-state index in [-0.39, 0.29) is 24.5 Å². The number of methoxy groups -OCH3 is 3. The van der Waals surface area contributed by atoms with E-state index in [9.17, 15) is 9.59 Å². The van der Waals surface area contributed by atoms with Crippen LogP contribution in [0.2, 0.25) is 0 Å². The Bertz CT molecular complexity index is 1030. The maximum absolute atomic E-state index is 13.6. The molecule has 34 heavy (non-hydrogen) atoms. The predicted molar refractivity (Wildman–Crippen MR) is 127 cm³/mol. The van der Waals surface area contributed by atoms with Crippen LogP contribution in [0.1, 0.15) is 42.9 Å². The highest BCUT2D eigenvalue weighted by molar-refractivity contribution is 5.91. The van der Waals surface area contributed by atoms with Crippen molar-refractivity contribution in [1.82, 2.24) is 10.2 Å². The number of amides is 2. The molecule has 2 aromatic rings. The average Bonchev–Trinajstić information content (AvgIpc) is 3.32. The van der Waals surface area contributed by atoms with Gasteiger partial charge in [0.15, 0.2) is 29.6 Å². The van der Waals surface area contributed by atoms with Crippen LogP contribution in [0.3, 0.4) is 0 Å². The minimum absolute atomic E-state index is 0.133. The summed E-state index contributed by atoms with van der Waals surface area (Å²) in [5, 5.41) is 3.17. The Morgan fingerprint density at radius 2 is 1.76 bits per heavy atom. The third-order valence-electron chi connectivity index (χ3n) is 6.54. The third-order valence-corrected chi connectivity index (χ3v) is 6.54. The van der Waals surface area contributed by atoms with E-state index in [1.807, 2.05) is 30.3 Å². The van der Waals surface area contributed by atoms with Gasteiger partial charge < -0.3 is 29.2 Å². The lowest BCUT2D eigenvalue weighted by atomic mass is 10.0. The van der Waals surface area contributed by atoms with Crippen molar-refractivity contribution in [2.45, 2.75) is 44.2 Å². The zero-order valence-corrected chi connectivity index (χ0v) is 20.0. The summed E-state index contributed by atoms with van der Waals surface area (Å²) in [4.78, 5) is 28.4. The van der Waals surface area contributed by atoms with Crippen molar-refractivity contribution in [2.24, 2.45) is 0 Å². The van der Waals surface area contributed by atoms with Gasteiger partial charge in [-0.25, -0.2) is 0 Å². The summed E-state index contributed by atoms with van der Waals surface area (Å²) in [5.74, 6) is 1.78. The molecule has 8 nitrogen and oxygen atoms in total. The van der Waals surface area contributed by atoms with Crippen molar-refractivity contribution >= 4 is 11.8 Å². The maximum Gasteiger partial charge on any atom is 0.261 e. The van der Waals surface area contributed by atoms with Gasteiger partial charge in [0.2, 0.25) is 5.91 Å². The van der Waals surface area contributed by atoms with Crippen LogP contribution < -0.4 is 24.3 Å². The Kier molecular flexibility index (Phi) is 7.45. The summed E-state index contributed by atoms with van der Waals surface area (Å²) in [6.07, 6.45) is 4.66. The lowest BCUT2D eigenvalue weighted by Gasteiger charge is -2.30. The molecule has 1 atom stereocenters. The van der Waals surface area contributed by atoms with Crippen LogP contribution in [0.4, 0.5) is 0 Å². The minimum atomic E-state index is -0.805. The summed E-state index contributed by atoms with van der Waals surface area (Å²) in [7, 11) is 4.73. The van der Waals surface area contributed by atoms with Gasteiger partial charge in [-0.1, -0.05) is 31.0 Å². The van der Waals surface area contributed by atoms with Gasteiger partial charge in [0.25, 0.3) is 5.91 Å². The van der Waals surface area contributed by atoms with Crippen molar-refractivity contribution in [3.8, 4) is 23.0 Å². The smallest absolute Gasteiger partial charge is 0.261 e. The summed E-state index contributed by atoms with van der Waals surface area (Å²) in [6, 6.07) is 10.4. The molecule has 4 rings (SSSR count). The molecule has 2 amide bonds. The number of rotatable bonds is 8. The lowest BCUT2D eigenvalue weighted by molar-refractivity contribution is -0.141. The number of carbonyl (C=O) groups excluding carboxylic acids is 2. The Hall–Kier alpha value is -3.42. The second-order valence-electron chi connectivity index (χ2n) is 8.59. The van der Waals surface area contributed by atoms with Gasteiger partial charge in [-0.2, -0.15) is 0 Å². The van der Waals surface area contributed by atoms with Crippen LogP contribution in [-0.4, -0.2) is 57.2 Å². The molecular weight excluding hydrogens is 436 g/mol. The molecular formula is C26H32N2O6. The third kappa shape index (κ3) is 4.90. The monoisotopic (exact) mass is 468 g/mol. The Morgan fingerprint density at radius 3 is 2.47 bits per heavy atom. The second kappa shape index (κ2) is 10.7. The van der Waals surface area contributed by atoms with Gasteiger partial charge in [0.1, 0.15) is 6.04 Å². The molecule has 1 fully saturated rings. The van der Waals surface area contributed by atoms with Crippen molar-refractivity contribution in [1.29, 1.82) is 0 Å². The van der Waals surface area contributed by atoms with Crippen molar-refractivity contribution in [2.75, 3.05) is 34.5 Å². The van der Waals surface area contributed by atoms with Gasteiger partial charge in [0, 0.05) is 18.2 Å². The molecule has 8 heteroatoms. The van der Waals surface area contributed by atoms with Crippen molar-refractivity contribution < 1.29 is 28.5 Å². The number of ether oxygens (including phenoxy) is 4. The molecule has 1 saturated carbocycles. The van der Waals surface area contributed by atoms with Crippen LogP contribution in [-0.2, 0) is 16.0 Å². The van der Waals surface area contributed by atoms with Gasteiger partial charge in [-0.15, -0.1) is 0 Å². The highest BCUT2D eigenvalue weighted by Gasteiger charge is 2.38. The molecule has 182 valence electrons. The highest BCUT2D eigenvalue weighted by Crippen LogP contribution is 2.40. The van der Waals surface area contributed by atoms with E-state index in [1.165, 1.54) is 0 Å². The normalized spacial score (nSPS) is 18.0. The number of hydrogen-bond donors (Lipinski definition) is 1. The molecule has 1 unspecified atom stereocenters. The number of carbonyl (C=O) groups is 2. The topological polar surface area (TPSA) is 86.3 Å². The number of para-hydroxylation sites is 1. The van der Waals surface area contributed by atoms with E-state index in [2.05, 4.69) is 5.32 Å². The van der Waals surface area contributed by atoms with E-state index in [0.29, 0.717) is 41.5 Å². The van der Waals surface area contributed by atoms with Crippen molar-refractivity contribution in [3.63, 3.8) is 0 Å². The minimum Gasteiger partial charge on any atom is -0.493 e. The van der Waals surface area contributed by atoms with E-state index >= 15 is 0 Å². The number of benzene rings is 2. The molecule has 0 spiro atoms. The number of nitrogens with one attached hydrogen (secondary N) is 1. The van der Waals surface area contributed by atoms with Crippen LogP contribution in [0.25, 0.3) is 0 Å². The molecule has 0 bridgehead atoms. The Balaban J connectivity index is 1.64. The molecule has 1 aliphatic heterocycles. The van der Waals surface area contributed by atoms with Gasteiger partial charge >= 0.3 is 0 Å². The fourth-order valence-corrected chi connectivity index (χ4v) is 4.76. The summed E-state index contributed by atoms with van der Waals surface area (Å²) >= 11 is 0.